The fraction of sp³-hybridized carbons (Fsp3) is 0.650. The Morgan fingerprint density at radius 1 is 1.15 bits per heavy atom. The van der Waals surface area contributed by atoms with Crippen LogP contribution in [0.15, 0.2) is 18.2 Å². The average molecular weight is 383 g/mol. The molecule has 2 aliphatic rings. The smallest absolute Gasteiger partial charge is 0.224 e. The van der Waals surface area contributed by atoms with Crippen LogP contribution in [-0.2, 0) is 11.2 Å². The standard InChI is InChI=1S/C20H30N2O3.ClH/c1-3-24-16-8-5-13(11-17(16)25-4-2)9-10-22-20(23)18-14-6-7-15(12-14)19(18)21;/h5,8,11,14-15,18-19H,3-4,6-7,9-10,12,21H2,1-2H3,(H,22,23);1H. The summed E-state index contributed by atoms with van der Waals surface area (Å²) < 4.78 is 11.2. The Labute approximate surface area is 162 Å². The number of ether oxygens (including phenoxy) is 2. The second kappa shape index (κ2) is 9.47. The Bertz CT molecular complexity index is 609. The number of fused-ring (bicyclic) bond motifs is 2. The van der Waals surface area contributed by atoms with Crippen molar-refractivity contribution in [3.05, 3.63) is 23.8 Å². The molecule has 4 unspecified atom stereocenters. The van der Waals surface area contributed by atoms with Gasteiger partial charge in [-0.15, -0.1) is 12.4 Å². The van der Waals surface area contributed by atoms with Crippen molar-refractivity contribution >= 4 is 18.3 Å². The van der Waals surface area contributed by atoms with Crippen LogP contribution in [0.5, 0.6) is 11.5 Å². The molecule has 1 aromatic rings. The maximum absolute atomic E-state index is 12.5. The van der Waals surface area contributed by atoms with Crippen LogP contribution in [0.2, 0.25) is 0 Å². The summed E-state index contributed by atoms with van der Waals surface area (Å²) in [7, 11) is 0. The van der Waals surface area contributed by atoms with Gasteiger partial charge in [0.2, 0.25) is 5.91 Å². The van der Waals surface area contributed by atoms with Crippen molar-refractivity contribution in [3.63, 3.8) is 0 Å². The lowest BCUT2D eigenvalue weighted by atomic mass is 9.84. The number of carbonyl (C=O) groups is 1. The monoisotopic (exact) mass is 382 g/mol. The first-order chi connectivity index (χ1) is 12.1. The predicted octanol–water partition coefficient (Wildman–Crippen LogP) is 2.94. The largest absolute Gasteiger partial charge is 0.490 e. The van der Waals surface area contributed by atoms with Gasteiger partial charge in [0, 0.05) is 12.6 Å². The minimum absolute atomic E-state index is 0. The minimum atomic E-state index is 0. The van der Waals surface area contributed by atoms with Crippen LogP contribution in [0.3, 0.4) is 0 Å². The normalized spacial score (nSPS) is 26.3. The Hall–Kier alpha value is -1.46. The highest BCUT2D eigenvalue weighted by Crippen LogP contribution is 2.47. The van der Waals surface area contributed by atoms with Crippen molar-refractivity contribution in [1.29, 1.82) is 0 Å². The van der Waals surface area contributed by atoms with Crippen molar-refractivity contribution in [2.75, 3.05) is 19.8 Å². The van der Waals surface area contributed by atoms with Crippen LogP contribution in [-0.4, -0.2) is 31.7 Å². The zero-order valence-electron chi connectivity index (χ0n) is 15.7. The van der Waals surface area contributed by atoms with Crippen molar-refractivity contribution in [2.45, 2.75) is 45.6 Å². The topological polar surface area (TPSA) is 73.6 Å². The van der Waals surface area contributed by atoms with Crippen LogP contribution >= 0.6 is 12.4 Å². The minimum Gasteiger partial charge on any atom is -0.490 e. The SMILES string of the molecule is CCOc1ccc(CCNC(=O)C2C3CCC(C3)C2N)cc1OCC.Cl. The van der Waals surface area contributed by atoms with Crippen molar-refractivity contribution < 1.29 is 14.3 Å². The highest BCUT2D eigenvalue weighted by atomic mass is 35.5. The number of benzene rings is 1. The van der Waals surface area contributed by atoms with E-state index in [1.54, 1.807) is 0 Å². The molecule has 2 fully saturated rings. The number of nitrogens with one attached hydrogen (secondary N) is 1. The molecule has 0 radical (unpaired) electrons. The summed E-state index contributed by atoms with van der Waals surface area (Å²) in [5.41, 5.74) is 7.38. The van der Waals surface area contributed by atoms with Gasteiger partial charge in [-0.3, -0.25) is 4.79 Å². The molecule has 1 amide bonds. The van der Waals surface area contributed by atoms with Gasteiger partial charge in [-0.2, -0.15) is 0 Å². The van der Waals surface area contributed by atoms with Gasteiger partial charge >= 0.3 is 0 Å². The van der Waals surface area contributed by atoms with Crippen LogP contribution in [0, 0.1) is 17.8 Å². The van der Waals surface area contributed by atoms with E-state index in [1.165, 1.54) is 6.42 Å². The van der Waals surface area contributed by atoms with Gasteiger partial charge < -0.3 is 20.5 Å². The molecule has 146 valence electrons. The molecule has 0 aliphatic heterocycles. The van der Waals surface area contributed by atoms with Crippen LogP contribution in [0.25, 0.3) is 0 Å². The van der Waals surface area contributed by atoms with Crippen molar-refractivity contribution in [2.24, 2.45) is 23.5 Å². The molecule has 0 saturated heterocycles. The third-order valence-corrected chi connectivity index (χ3v) is 5.60. The van der Waals surface area contributed by atoms with Gasteiger partial charge in [0.1, 0.15) is 0 Å². The van der Waals surface area contributed by atoms with E-state index in [-0.39, 0.29) is 30.3 Å². The van der Waals surface area contributed by atoms with E-state index < -0.39 is 0 Å². The highest BCUT2D eigenvalue weighted by molar-refractivity contribution is 5.85. The maximum atomic E-state index is 12.5. The van der Waals surface area contributed by atoms with Crippen LogP contribution in [0.4, 0.5) is 0 Å². The second-order valence-corrected chi connectivity index (χ2v) is 7.12. The quantitative estimate of drug-likeness (QED) is 0.725. The van der Waals surface area contributed by atoms with Crippen LogP contribution < -0.4 is 20.5 Å². The van der Waals surface area contributed by atoms with E-state index in [9.17, 15) is 4.79 Å². The van der Waals surface area contributed by atoms with Crippen molar-refractivity contribution in [3.8, 4) is 11.5 Å². The van der Waals surface area contributed by atoms with Crippen LogP contribution in [0.1, 0.15) is 38.7 Å². The maximum Gasteiger partial charge on any atom is 0.224 e. The fourth-order valence-corrected chi connectivity index (χ4v) is 4.42. The number of rotatable bonds is 8. The van der Waals surface area contributed by atoms with Gasteiger partial charge in [0.15, 0.2) is 11.5 Å². The Kier molecular flexibility index (Phi) is 7.59. The summed E-state index contributed by atoms with van der Waals surface area (Å²) >= 11 is 0. The Morgan fingerprint density at radius 3 is 2.50 bits per heavy atom. The van der Waals surface area contributed by atoms with Gasteiger partial charge in [0.25, 0.3) is 0 Å². The Balaban J connectivity index is 0.00000243. The first-order valence-electron chi connectivity index (χ1n) is 9.55. The van der Waals surface area contributed by atoms with E-state index in [2.05, 4.69) is 5.32 Å². The predicted molar refractivity (Wildman–Crippen MR) is 105 cm³/mol. The molecule has 0 spiro atoms. The van der Waals surface area contributed by atoms with E-state index in [4.69, 9.17) is 15.2 Å². The summed E-state index contributed by atoms with van der Waals surface area (Å²) in [4.78, 5) is 12.5. The van der Waals surface area contributed by atoms with E-state index in [1.807, 2.05) is 32.0 Å². The zero-order chi connectivity index (χ0) is 17.8. The molecule has 26 heavy (non-hydrogen) atoms. The summed E-state index contributed by atoms with van der Waals surface area (Å²) in [6.07, 6.45) is 4.26. The van der Waals surface area contributed by atoms with E-state index in [0.29, 0.717) is 31.6 Å². The molecule has 2 aliphatic carbocycles. The molecule has 3 N–H and O–H groups in total. The molecule has 3 rings (SSSR count). The molecule has 6 heteroatoms. The lowest BCUT2D eigenvalue weighted by Crippen LogP contribution is -2.45. The molecule has 0 heterocycles. The first-order valence-corrected chi connectivity index (χ1v) is 9.55. The Morgan fingerprint density at radius 2 is 1.85 bits per heavy atom. The second-order valence-electron chi connectivity index (χ2n) is 7.12. The van der Waals surface area contributed by atoms with Gasteiger partial charge in [-0.1, -0.05) is 6.07 Å². The molecule has 1 aromatic carbocycles. The van der Waals surface area contributed by atoms with E-state index in [0.717, 1.165) is 36.3 Å². The number of nitrogens with two attached hydrogens (primary N) is 1. The van der Waals surface area contributed by atoms with Gasteiger partial charge in [-0.05, 0) is 69.1 Å². The average Bonchev–Trinajstić information content (AvgIpc) is 3.18. The highest BCUT2D eigenvalue weighted by Gasteiger charge is 2.48. The molecule has 2 saturated carbocycles. The summed E-state index contributed by atoms with van der Waals surface area (Å²) in [5, 5.41) is 3.09. The zero-order valence-corrected chi connectivity index (χ0v) is 16.5. The summed E-state index contributed by atoms with van der Waals surface area (Å²) in [6.45, 7) is 5.75. The first kappa shape index (κ1) is 20.8. The summed E-state index contributed by atoms with van der Waals surface area (Å²) in [6, 6.07) is 6.03. The molecule has 0 aromatic heterocycles. The van der Waals surface area contributed by atoms with Gasteiger partial charge in [0.05, 0.1) is 19.1 Å². The number of hydrogen-bond acceptors (Lipinski definition) is 4. The number of hydrogen-bond donors (Lipinski definition) is 2. The van der Waals surface area contributed by atoms with Gasteiger partial charge in [-0.25, -0.2) is 0 Å². The number of carbonyl (C=O) groups excluding carboxylic acids is 1. The number of halogens is 1. The van der Waals surface area contributed by atoms with Crippen molar-refractivity contribution in [1.82, 2.24) is 5.32 Å². The third-order valence-electron chi connectivity index (χ3n) is 5.60. The fourth-order valence-electron chi connectivity index (χ4n) is 4.42. The summed E-state index contributed by atoms with van der Waals surface area (Å²) in [5.74, 6) is 2.73. The van der Waals surface area contributed by atoms with E-state index >= 15 is 0 Å². The molecular weight excluding hydrogens is 352 g/mol. The lowest BCUT2D eigenvalue weighted by molar-refractivity contribution is -0.127. The number of amides is 1. The molecule has 4 atom stereocenters. The molecule has 2 bridgehead atoms. The third kappa shape index (κ3) is 4.44. The lowest BCUT2D eigenvalue weighted by Gasteiger charge is -2.27. The molecular formula is C20H31ClN2O3. The molecule has 5 nitrogen and oxygen atoms in total.